The van der Waals surface area contributed by atoms with Gasteiger partial charge >= 0.3 is 18.2 Å². The zero-order chi connectivity index (χ0) is 25.2. The van der Waals surface area contributed by atoms with Crippen molar-refractivity contribution in [2.75, 3.05) is 4.90 Å². The van der Waals surface area contributed by atoms with E-state index in [1.807, 2.05) is 0 Å². The summed E-state index contributed by atoms with van der Waals surface area (Å²) in [5.74, 6) is -2.44. The molecule has 0 aliphatic rings. The average molecular weight is 493 g/mol. The molecule has 0 spiro atoms. The highest BCUT2D eigenvalue weighted by atomic mass is 19.4. The smallest absolute Gasteiger partial charge is 0.329 e. The van der Waals surface area contributed by atoms with Gasteiger partial charge in [-0.1, -0.05) is 35.5 Å². The van der Waals surface area contributed by atoms with Gasteiger partial charge in [0.05, 0.1) is 17.7 Å². The number of halogens is 6. The van der Waals surface area contributed by atoms with Crippen molar-refractivity contribution in [1.29, 1.82) is 0 Å². The summed E-state index contributed by atoms with van der Waals surface area (Å²) in [5, 5.41) is 3.30. The Balaban J connectivity index is 1.65. The lowest BCUT2D eigenvalue weighted by Gasteiger charge is -2.24. The lowest BCUT2D eigenvalue weighted by molar-refractivity contribution is -0.159. The maximum atomic E-state index is 13.2. The molecule has 0 radical (unpaired) electrons. The van der Waals surface area contributed by atoms with Gasteiger partial charge in [-0.05, 0) is 23.8 Å². The van der Waals surface area contributed by atoms with Crippen molar-refractivity contribution in [2.45, 2.75) is 18.9 Å². The number of rotatable bonds is 5. The topological polar surface area (TPSA) is 85.0 Å². The second kappa shape index (κ2) is 9.16. The summed E-state index contributed by atoms with van der Waals surface area (Å²) in [6, 6.07) is 10.0. The fourth-order valence-electron chi connectivity index (χ4n) is 3.09. The van der Waals surface area contributed by atoms with Crippen LogP contribution in [0.15, 0.2) is 71.8 Å². The first-order chi connectivity index (χ1) is 16.5. The molecule has 0 saturated heterocycles. The largest absolute Gasteiger partial charge is 0.471 e. The summed E-state index contributed by atoms with van der Waals surface area (Å²) in [7, 11) is 0. The van der Waals surface area contributed by atoms with Gasteiger partial charge in [0.25, 0.3) is 5.91 Å². The summed E-state index contributed by atoms with van der Waals surface area (Å²) >= 11 is 0. The van der Waals surface area contributed by atoms with Crippen molar-refractivity contribution < 1.29 is 35.7 Å². The van der Waals surface area contributed by atoms with Crippen LogP contribution in [0, 0.1) is 0 Å². The number of nitrogens with zero attached hydrogens (tertiary/aromatic N) is 5. The van der Waals surface area contributed by atoms with Gasteiger partial charge in [0.2, 0.25) is 5.82 Å². The van der Waals surface area contributed by atoms with Crippen LogP contribution in [0.4, 0.5) is 32.0 Å². The van der Waals surface area contributed by atoms with Crippen molar-refractivity contribution >= 4 is 11.6 Å². The maximum Gasteiger partial charge on any atom is 0.471 e. The van der Waals surface area contributed by atoms with Crippen molar-refractivity contribution in [3.8, 4) is 11.4 Å². The third kappa shape index (κ3) is 5.45. The van der Waals surface area contributed by atoms with Crippen molar-refractivity contribution in [3.05, 3.63) is 89.8 Å². The second-order valence-corrected chi connectivity index (χ2v) is 7.18. The Morgan fingerprint density at radius 2 is 1.60 bits per heavy atom. The summed E-state index contributed by atoms with van der Waals surface area (Å²) in [5.41, 5.74) is -0.235. The molecular formula is C22H13F6N5O2. The summed E-state index contributed by atoms with van der Waals surface area (Å²) in [4.78, 5) is 25.1. The summed E-state index contributed by atoms with van der Waals surface area (Å²) in [6.07, 6.45) is -5.76. The Morgan fingerprint density at radius 1 is 0.914 bits per heavy atom. The Labute approximate surface area is 193 Å². The molecule has 0 fully saturated rings. The van der Waals surface area contributed by atoms with Crippen LogP contribution in [0.25, 0.3) is 11.4 Å². The monoisotopic (exact) mass is 493 g/mol. The molecule has 4 aromatic rings. The first-order valence-electron chi connectivity index (χ1n) is 9.77. The SMILES string of the molecule is O=C(c1cncnc1)N(Cc1ccc(-c2noc(C(F)(F)F)n2)cc1)c1cccc(C(F)(F)F)c1. The standard InChI is InChI=1S/C22H13F6N5O2/c23-21(24,25)16-2-1-3-17(8-16)33(19(34)15-9-29-12-30-10-15)11-13-4-6-14(7-5-13)18-31-20(35-32-18)22(26,27)28/h1-10,12H,11H2. The van der Waals surface area contributed by atoms with Crippen LogP contribution in [0.1, 0.15) is 27.4 Å². The van der Waals surface area contributed by atoms with Crippen molar-refractivity contribution in [1.82, 2.24) is 20.1 Å². The summed E-state index contributed by atoms with van der Waals surface area (Å²) < 4.78 is 82.0. The highest BCUT2D eigenvalue weighted by Gasteiger charge is 2.38. The van der Waals surface area contributed by atoms with E-state index in [0.717, 1.165) is 17.0 Å². The third-order valence-corrected chi connectivity index (χ3v) is 4.76. The lowest BCUT2D eigenvalue weighted by Crippen LogP contribution is -2.31. The normalized spacial score (nSPS) is 11.9. The second-order valence-electron chi connectivity index (χ2n) is 7.18. The molecule has 2 aromatic carbocycles. The van der Waals surface area contributed by atoms with Crippen molar-refractivity contribution in [3.63, 3.8) is 0 Å². The van der Waals surface area contributed by atoms with Crippen LogP contribution >= 0.6 is 0 Å². The van der Waals surface area contributed by atoms with E-state index in [9.17, 15) is 31.1 Å². The Bertz CT molecular complexity index is 1320. The van der Waals surface area contributed by atoms with Gasteiger partial charge in [-0.15, -0.1) is 0 Å². The van der Waals surface area contributed by atoms with Crippen LogP contribution in [0.5, 0.6) is 0 Å². The van der Waals surface area contributed by atoms with E-state index in [4.69, 9.17) is 0 Å². The highest BCUT2D eigenvalue weighted by Crippen LogP contribution is 2.33. The number of benzene rings is 2. The zero-order valence-electron chi connectivity index (χ0n) is 17.4. The first kappa shape index (κ1) is 23.9. The molecule has 2 aromatic heterocycles. The maximum absolute atomic E-state index is 13.2. The minimum absolute atomic E-state index is 0.0225. The molecule has 2 heterocycles. The van der Waals surface area contributed by atoms with Crippen molar-refractivity contribution in [2.24, 2.45) is 0 Å². The van der Waals surface area contributed by atoms with Crippen LogP contribution < -0.4 is 4.90 Å². The van der Waals surface area contributed by atoms with Crippen LogP contribution in [-0.2, 0) is 18.9 Å². The molecule has 0 N–H and O–H groups in total. The molecule has 7 nitrogen and oxygen atoms in total. The molecule has 0 unspecified atom stereocenters. The number of hydrogen-bond acceptors (Lipinski definition) is 6. The number of aromatic nitrogens is 4. The van der Waals surface area contributed by atoms with Gasteiger partial charge in [0.1, 0.15) is 6.33 Å². The van der Waals surface area contributed by atoms with E-state index >= 15 is 0 Å². The minimum Gasteiger partial charge on any atom is -0.329 e. The van der Waals surface area contributed by atoms with E-state index in [1.54, 1.807) is 0 Å². The molecule has 0 aliphatic heterocycles. The zero-order valence-corrected chi connectivity index (χ0v) is 17.4. The van der Waals surface area contributed by atoms with Crippen LogP contribution in [0.2, 0.25) is 0 Å². The van der Waals surface area contributed by atoms with Gasteiger partial charge in [0.15, 0.2) is 0 Å². The Kier molecular flexibility index (Phi) is 6.24. The molecule has 0 aliphatic carbocycles. The molecule has 0 saturated carbocycles. The third-order valence-electron chi connectivity index (χ3n) is 4.76. The molecule has 35 heavy (non-hydrogen) atoms. The van der Waals surface area contributed by atoms with Crippen LogP contribution in [0.3, 0.4) is 0 Å². The van der Waals surface area contributed by atoms with Gasteiger partial charge in [-0.25, -0.2) is 9.97 Å². The molecule has 13 heteroatoms. The number of carbonyl (C=O) groups excluding carboxylic acids is 1. The number of alkyl halides is 6. The number of amides is 1. The fourth-order valence-corrected chi connectivity index (χ4v) is 3.09. The van der Waals surface area contributed by atoms with Gasteiger partial charge < -0.3 is 9.42 Å². The van der Waals surface area contributed by atoms with E-state index in [-0.39, 0.29) is 29.2 Å². The molecule has 0 atom stereocenters. The molecule has 180 valence electrons. The molecule has 1 amide bonds. The van der Waals surface area contributed by atoms with E-state index in [0.29, 0.717) is 5.56 Å². The molecule has 4 rings (SSSR count). The number of anilines is 1. The minimum atomic E-state index is -4.79. The first-order valence-corrected chi connectivity index (χ1v) is 9.77. The highest BCUT2D eigenvalue weighted by molar-refractivity contribution is 6.05. The predicted octanol–water partition coefficient (Wildman–Crippen LogP) is 5.41. The fraction of sp³-hybridized carbons (Fsp3) is 0.136. The molecular weight excluding hydrogens is 480 g/mol. The predicted molar refractivity (Wildman–Crippen MR) is 109 cm³/mol. The Morgan fingerprint density at radius 3 is 2.20 bits per heavy atom. The van der Waals surface area contributed by atoms with E-state index in [2.05, 4.69) is 24.6 Å². The van der Waals surface area contributed by atoms with Crippen LogP contribution in [-0.4, -0.2) is 26.0 Å². The quantitative estimate of drug-likeness (QED) is 0.346. The Hall–Kier alpha value is -4.29. The average Bonchev–Trinajstić information content (AvgIpc) is 3.34. The summed E-state index contributed by atoms with van der Waals surface area (Å²) in [6.45, 7) is -0.157. The molecule has 0 bridgehead atoms. The number of hydrogen-bond donors (Lipinski definition) is 0. The number of carbonyl (C=O) groups is 1. The van der Waals surface area contributed by atoms with Gasteiger partial charge in [-0.2, -0.15) is 31.3 Å². The van der Waals surface area contributed by atoms with Gasteiger partial charge in [-0.3, -0.25) is 4.79 Å². The van der Waals surface area contributed by atoms with Gasteiger partial charge in [0, 0.05) is 23.6 Å². The van der Waals surface area contributed by atoms with E-state index < -0.39 is 29.7 Å². The van der Waals surface area contributed by atoms with E-state index in [1.165, 1.54) is 55.1 Å². The lowest BCUT2D eigenvalue weighted by atomic mass is 10.1.